The monoisotopic (exact) mass is 297 g/mol. The molecule has 0 spiro atoms. The minimum atomic E-state index is -0.573. The molecule has 0 unspecified atom stereocenters. The van der Waals surface area contributed by atoms with Gasteiger partial charge in [-0.3, -0.25) is 15.0 Å². The van der Waals surface area contributed by atoms with Gasteiger partial charge in [0, 0.05) is 5.56 Å². The molecule has 0 saturated carbocycles. The molecule has 3 aromatic rings. The summed E-state index contributed by atoms with van der Waals surface area (Å²) in [4.78, 5) is 28.6. The van der Waals surface area contributed by atoms with E-state index in [2.05, 4.69) is 10.4 Å². The van der Waals surface area contributed by atoms with Crippen LogP contribution in [0.15, 0.2) is 53.6 Å². The van der Waals surface area contributed by atoms with Gasteiger partial charge >= 0.3 is 0 Å². The third-order valence-electron chi connectivity index (χ3n) is 3.33. The van der Waals surface area contributed by atoms with Crippen LogP contribution < -0.4 is 11.0 Å². The molecule has 0 bridgehead atoms. The van der Waals surface area contributed by atoms with E-state index in [1.165, 1.54) is 18.5 Å². The number of nitrogens with one attached hydrogen (secondary N) is 1. The molecule has 5 nitrogen and oxygen atoms in total. The average Bonchev–Trinajstić information content (AvgIpc) is 2.52. The van der Waals surface area contributed by atoms with Crippen LogP contribution in [-0.2, 0) is 0 Å². The molecule has 22 heavy (non-hydrogen) atoms. The molecule has 0 radical (unpaired) electrons. The Hall–Kier alpha value is -3.02. The molecule has 1 amide bonds. The molecule has 0 aliphatic rings. The van der Waals surface area contributed by atoms with E-state index < -0.39 is 17.3 Å². The summed E-state index contributed by atoms with van der Waals surface area (Å²) in [5.41, 5.74) is 3.35. The number of rotatable bonds is 2. The van der Waals surface area contributed by atoms with Gasteiger partial charge < -0.3 is 0 Å². The number of carbonyl (C=O) groups excluding carboxylic acids is 1. The lowest BCUT2D eigenvalue weighted by molar-refractivity contribution is 0.101. The lowest BCUT2D eigenvalue weighted by Gasteiger charge is -2.10. The number of nitrogens with zero attached hydrogens (tertiary/aromatic N) is 2. The zero-order valence-corrected chi connectivity index (χ0v) is 11.7. The van der Waals surface area contributed by atoms with Crippen molar-refractivity contribution in [2.45, 2.75) is 6.92 Å². The molecular formula is C16H12FN3O2. The molecule has 1 N–H and O–H groups in total. The third-order valence-corrected chi connectivity index (χ3v) is 3.33. The van der Waals surface area contributed by atoms with Gasteiger partial charge in [0.15, 0.2) is 0 Å². The number of hydrogen-bond acceptors (Lipinski definition) is 3. The van der Waals surface area contributed by atoms with Crippen molar-refractivity contribution < 1.29 is 9.18 Å². The number of para-hydroxylation sites is 1. The largest absolute Gasteiger partial charge is 0.280 e. The number of benzene rings is 2. The van der Waals surface area contributed by atoms with Gasteiger partial charge in [-0.1, -0.05) is 18.2 Å². The quantitative estimate of drug-likeness (QED) is 0.789. The minimum absolute atomic E-state index is 0.167. The standard InChI is InChI=1S/C16H12FN3O2/c1-10-6-7-11(17)8-13(10)15(21)19-20-9-18-14-5-3-2-4-12(14)16(20)22/h2-9H,1H3,(H,19,21). The summed E-state index contributed by atoms with van der Waals surface area (Å²) in [7, 11) is 0. The second-order valence-electron chi connectivity index (χ2n) is 4.84. The van der Waals surface area contributed by atoms with Gasteiger partial charge in [0.25, 0.3) is 11.5 Å². The van der Waals surface area contributed by atoms with Crippen molar-refractivity contribution in [3.8, 4) is 0 Å². The molecule has 3 rings (SSSR count). The van der Waals surface area contributed by atoms with Crippen molar-refractivity contribution in [1.29, 1.82) is 0 Å². The van der Waals surface area contributed by atoms with Crippen molar-refractivity contribution in [2.24, 2.45) is 0 Å². The lowest BCUT2D eigenvalue weighted by Crippen LogP contribution is -2.33. The number of hydrogen-bond donors (Lipinski definition) is 1. The molecule has 2 aromatic carbocycles. The van der Waals surface area contributed by atoms with Crippen LogP contribution in [0.3, 0.4) is 0 Å². The maximum absolute atomic E-state index is 13.3. The highest BCUT2D eigenvalue weighted by Gasteiger charge is 2.12. The molecule has 110 valence electrons. The topological polar surface area (TPSA) is 64.0 Å². The summed E-state index contributed by atoms with van der Waals surface area (Å²) in [5.74, 6) is -1.09. The Morgan fingerprint density at radius 3 is 2.82 bits per heavy atom. The van der Waals surface area contributed by atoms with E-state index in [1.807, 2.05) is 0 Å². The van der Waals surface area contributed by atoms with Crippen LogP contribution in [0.25, 0.3) is 10.9 Å². The first kappa shape index (κ1) is 13.9. The van der Waals surface area contributed by atoms with Gasteiger partial charge in [-0.2, -0.15) is 0 Å². The van der Waals surface area contributed by atoms with Gasteiger partial charge in [0.2, 0.25) is 0 Å². The zero-order valence-electron chi connectivity index (χ0n) is 11.7. The molecular weight excluding hydrogens is 285 g/mol. The lowest BCUT2D eigenvalue weighted by atomic mass is 10.1. The van der Waals surface area contributed by atoms with Crippen LogP contribution in [0.1, 0.15) is 15.9 Å². The Morgan fingerprint density at radius 1 is 1.23 bits per heavy atom. The van der Waals surface area contributed by atoms with E-state index in [-0.39, 0.29) is 5.56 Å². The molecule has 0 fully saturated rings. The van der Waals surface area contributed by atoms with Gasteiger partial charge in [-0.25, -0.2) is 14.1 Å². The Bertz CT molecular complexity index is 934. The molecule has 6 heteroatoms. The maximum atomic E-state index is 13.3. The average molecular weight is 297 g/mol. The molecule has 1 aromatic heterocycles. The van der Waals surface area contributed by atoms with E-state index in [9.17, 15) is 14.0 Å². The van der Waals surface area contributed by atoms with Crippen LogP contribution >= 0.6 is 0 Å². The number of halogens is 1. The molecule has 0 atom stereocenters. The number of aromatic nitrogens is 2. The highest BCUT2D eigenvalue weighted by molar-refractivity contribution is 6.01. The fraction of sp³-hybridized carbons (Fsp3) is 0.0625. The number of fused-ring (bicyclic) bond motifs is 1. The van der Waals surface area contributed by atoms with E-state index in [1.54, 1.807) is 31.2 Å². The normalized spacial score (nSPS) is 10.6. The third kappa shape index (κ3) is 2.46. The Kier molecular flexibility index (Phi) is 3.42. The van der Waals surface area contributed by atoms with Crippen LogP contribution in [0.4, 0.5) is 4.39 Å². The van der Waals surface area contributed by atoms with Gasteiger partial charge in [-0.05, 0) is 36.8 Å². The number of aryl methyl sites for hydroxylation is 1. The minimum Gasteiger partial charge on any atom is -0.267 e. The van der Waals surface area contributed by atoms with Gasteiger partial charge in [0.1, 0.15) is 12.1 Å². The van der Waals surface area contributed by atoms with Crippen molar-refractivity contribution in [3.05, 3.63) is 76.1 Å². The van der Waals surface area contributed by atoms with Crippen LogP contribution in [0, 0.1) is 12.7 Å². The summed E-state index contributed by atoms with van der Waals surface area (Å²) in [6, 6.07) is 10.7. The Morgan fingerprint density at radius 2 is 2.00 bits per heavy atom. The van der Waals surface area contributed by atoms with E-state index in [4.69, 9.17) is 0 Å². The summed E-state index contributed by atoms with van der Waals surface area (Å²) < 4.78 is 14.3. The van der Waals surface area contributed by atoms with Gasteiger partial charge in [-0.15, -0.1) is 0 Å². The molecule has 1 heterocycles. The SMILES string of the molecule is Cc1ccc(F)cc1C(=O)Nn1cnc2ccccc2c1=O. The highest BCUT2D eigenvalue weighted by Crippen LogP contribution is 2.10. The fourth-order valence-corrected chi connectivity index (χ4v) is 2.16. The predicted molar refractivity (Wildman–Crippen MR) is 80.8 cm³/mol. The Balaban J connectivity index is 1.99. The number of carbonyl (C=O) groups is 1. The first-order valence-electron chi connectivity index (χ1n) is 6.60. The molecule has 0 aliphatic heterocycles. The van der Waals surface area contributed by atoms with Crippen LogP contribution in [0.2, 0.25) is 0 Å². The first-order valence-corrected chi connectivity index (χ1v) is 6.60. The van der Waals surface area contributed by atoms with Crippen molar-refractivity contribution >= 4 is 16.8 Å². The zero-order chi connectivity index (χ0) is 15.7. The molecule has 0 aliphatic carbocycles. The van der Waals surface area contributed by atoms with Crippen molar-refractivity contribution in [1.82, 2.24) is 9.66 Å². The summed E-state index contributed by atoms with van der Waals surface area (Å²) in [6.07, 6.45) is 1.23. The smallest absolute Gasteiger partial charge is 0.267 e. The van der Waals surface area contributed by atoms with Crippen molar-refractivity contribution in [3.63, 3.8) is 0 Å². The second kappa shape index (κ2) is 5.40. The van der Waals surface area contributed by atoms with Crippen molar-refractivity contribution in [2.75, 3.05) is 5.43 Å². The van der Waals surface area contributed by atoms with E-state index in [0.717, 1.165) is 10.7 Å². The van der Waals surface area contributed by atoms with Crippen LogP contribution in [0.5, 0.6) is 0 Å². The van der Waals surface area contributed by atoms with Crippen LogP contribution in [-0.4, -0.2) is 15.6 Å². The summed E-state index contributed by atoms with van der Waals surface area (Å²) >= 11 is 0. The second-order valence-corrected chi connectivity index (χ2v) is 4.84. The summed E-state index contributed by atoms with van der Waals surface area (Å²) in [5, 5.41) is 0.390. The highest BCUT2D eigenvalue weighted by atomic mass is 19.1. The maximum Gasteiger partial charge on any atom is 0.280 e. The first-order chi connectivity index (χ1) is 10.6. The van der Waals surface area contributed by atoms with E-state index >= 15 is 0 Å². The molecule has 0 saturated heterocycles. The van der Waals surface area contributed by atoms with E-state index in [0.29, 0.717) is 16.5 Å². The predicted octanol–water partition coefficient (Wildman–Crippen LogP) is 2.23. The van der Waals surface area contributed by atoms with Gasteiger partial charge in [0.05, 0.1) is 10.9 Å². The Labute approximate surface area is 125 Å². The number of amides is 1. The summed E-state index contributed by atoms with van der Waals surface area (Å²) in [6.45, 7) is 1.69. The fourth-order valence-electron chi connectivity index (χ4n) is 2.16.